The van der Waals surface area contributed by atoms with E-state index in [4.69, 9.17) is 5.11 Å². The summed E-state index contributed by atoms with van der Waals surface area (Å²) < 4.78 is 13.1. The molecule has 0 saturated carbocycles. The Bertz CT molecular complexity index is 533. The van der Waals surface area contributed by atoms with Gasteiger partial charge in [0.1, 0.15) is 11.8 Å². The summed E-state index contributed by atoms with van der Waals surface area (Å²) in [5.74, 6) is -0.673. The van der Waals surface area contributed by atoms with Gasteiger partial charge in [0.05, 0.1) is 11.8 Å². The monoisotopic (exact) mass is 270 g/mol. The molecule has 1 aliphatic heterocycles. The van der Waals surface area contributed by atoms with E-state index < -0.39 is 26.0 Å². The van der Waals surface area contributed by atoms with Crippen LogP contribution in [-0.4, -0.2) is 39.5 Å². The molecule has 18 heavy (non-hydrogen) atoms. The quantitative estimate of drug-likeness (QED) is 0.528. The number of nitrogens with zero attached hydrogens (tertiary/aromatic N) is 1. The summed E-state index contributed by atoms with van der Waals surface area (Å²) in [6, 6.07) is 5.20. The number of aromatic hydroxyl groups is 1. The first-order valence-electron chi connectivity index (χ1n) is 5.14. The van der Waals surface area contributed by atoms with Crippen molar-refractivity contribution in [3.05, 3.63) is 24.3 Å². The first kappa shape index (κ1) is 12.4. The molecule has 0 radical (unpaired) electrons. The number of rotatable bonds is 3. The zero-order valence-corrected chi connectivity index (χ0v) is 10.2. The van der Waals surface area contributed by atoms with Crippen molar-refractivity contribution < 1.29 is 24.4 Å². The largest absolute Gasteiger partial charge is 0.507 e. The highest BCUT2D eigenvalue weighted by molar-refractivity contribution is 7.52. The van der Waals surface area contributed by atoms with E-state index >= 15 is 0 Å². The minimum absolute atomic E-state index is 0.0528. The van der Waals surface area contributed by atoms with Gasteiger partial charge in [-0.1, -0.05) is 12.1 Å². The lowest BCUT2D eigenvalue weighted by molar-refractivity contribution is -0.136. The molecule has 3 N–H and O–H groups in total. The molecule has 2 amide bonds. The van der Waals surface area contributed by atoms with E-state index in [-0.39, 0.29) is 17.6 Å². The number of hydrogen-bond donors (Lipinski definition) is 3. The van der Waals surface area contributed by atoms with Crippen LogP contribution in [0.5, 0.6) is 5.75 Å². The van der Waals surface area contributed by atoms with E-state index in [9.17, 15) is 19.3 Å². The van der Waals surface area contributed by atoms with Gasteiger partial charge in [0.25, 0.3) is 5.91 Å². The highest BCUT2D eigenvalue weighted by Crippen LogP contribution is 2.35. The molecular formula is C10H11N2O5P. The molecule has 1 aromatic rings. The van der Waals surface area contributed by atoms with Crippen LogP contribution in [0.4, 0.5) is 4.79 Å². The fourth-order valence-corrected chi connectivity index (χ4v) is 3.20. The van der Waals surface area contributed by atoms with Crippen molar-refractivity contribution in [3.63, 3.8) is 0 Å². The van der Waals surface area contributed by atoms with Crippen LogP contribution < -0.4 is 10.6 Å². The van der Waals surface area contributed by atoms with Gasteiger partial charge in [-0.05, 0) is 12.1 Å². The van der Waals surface area contributed by atoms with Gasteiger partial charge >= 0.3 is 6.09 Å². The second kappa shape index (κ2) is 4.70. The van der Waals surface area contributed by atoms with Crippen molar-refractivity contribution in [2.75, 3.05) is 6.54 Å². The Morgan fingerprint density at radius 1 is 1.44 bits per heavy atom. The van der Waals surface area contributed by atoms with Crippen LogP contribution in [0.3, 0.4) is 0 Å². The van der Waals surface area contributed by atoms with Crippen molar-refractivity contribution in [2.45, 2.75) is 6.04 Å². The number of nitrogens with one attached hydrogen (secondary N) is 1. The van der Waals surface area contributed by atoms with Gasteiger partial charge in [0, 0.05) is 0 Å². The standard InChI is InChI=1S/C10H11N2O5P/c13-7-3-1-2-4-8(7)18(17)12-5-6(9(12)14)11-10(15)16/h1-4,6,11,13,18H,5H2,(H,15,16). The van der Waals surface area contributed by atoms with Crippen molar-refractivity contribution in [1.82, 2.24) is 9.99 Å². The zero-order chi connectivity index (χ0) is 13.3. The van der Waals surface area contributed by atoms with Crippen LogP contribution in [0.1, 0.15) is 0 Å². The zero-order valence-electron chi connectivity index (χ0n) is 9.16. The minimum Gasteiger partial charge on any atom is -0.507 e. The van der Waals surface area contributed by atoms with Gasteiger partial charge in [-0.2, -0.15) is 0 Å². The highest BCUT2D eigenvalue weighted by atomic mass is 31.1. The van der Waals surface area contributed by atoms with E-state index in [1.807, 2.05) is 5.32 Å². The molecule has 0 aromatic heterocycles. The predicted octanol–water partition coefficient (Wildman–Crippen LogP) is -0.0294. The summed E-state index contributed by atoms with van der Waals surface area (Å²) in [6.07, 6.45) is -1.30. The third-order valence-corrected chi connectivity index (χ3v) is 4.38. The van der Waals surface area contributed by atoms with Gasteiger partial charge < -0.3 is 15.5 Å². The lowest BCUT2D eigenvalue weighted by Crippen LogP contribution is -2.61. The molecule has 0 spiro atoms. The molecular weight excluding hydrogens is 259 g/mol. The van der Waals surface area contributed by atoms with E-state index in [1.165, 1.54) is 12.1 Å². The molecule has 1 aliphatic rings. The average Bonchev–Trinajstić information content (AvgIpc) is 2.33. The number of β-lactam (4-membered cyclic amide) rings is 1. The lowest BCUT2D eigenvalue weighted by atomic mass is 10.2. The van der Waals surface area contributed by atoms with Crippen LogP contribution in [0.25, 0.3) is 0 Å². The fraction of sp³-hybridized carbons (Fsp3) is 0.200. The van der Waals surface area contributed by atoms with Crippen LogP contribution >= 0.6 is 7.95 Å². The molecule has 96 valence electrons. The molecule has 7 nitrogen and oxygen atoms in total. The Kier molecular flexibility index (Phi) is 3.25. The Hall–Kier alpha value is -2.01. The maximum absolute atomic E-state index is 12.0. The van der Waals surface area contributed by atoms with Gasteiger partial charge in [-0.15, -0.1) is 0 Å². The molecule has 2 atom stereocenters. The summed E-state index contributed by atoms with van der Waals surface area (Å²) >= 11 is 0. The topological polar surface area (TPSA) is 107 Å². The molecule has 8 heteroatoms. The Morgan fingerprint density at radius 2 is 2.11 bits per heavy atom. The molecule has 1 heterocycles. The van der Waals surface area contributed by atoms with E-state index in [2.05, 4.69) is 0 Å². The first-order chi connectivity index (χ1) is 8.50. The minimum atomic E-state index is -2.60. The normalized spacial score (nSPS) is 20.1. The van der Waals surface area contributed by atoms with Gasteiger partial charge in [0.15, 0.2) is 7.95 Å². The second-order valence-corrected chi connectivity index (χ2v) is 5.46. The number of amides is 2. The summed E-state index contributed by atoms with van der Waals surface area (Å²) in [5.41, 5.74) is 0. The smallest absolute Gasteiger partial charge is 0.405 e. The van der Waals surface area contributed by atoms with Crippen molar-refractivity contribution in [2.24, 2.45) is 0 Å². The van der Waals surface area contributed by atoms with Crippen molar-refractivity contribution in [3.8, 4) is 5.75 Å². The summed E-state index contributed by atoms with van der Waals surface area (Å²) in [6.45, 7) is 0.0528. The first-order valence-corrected chi connectivity index (χ1v) is 6.49. The molecule has 2 unspecified atom stereocenters. The molecule has 1 aromatic carbocycles. The Balaban J connectivity index is 2.08. The molecule has 0 aliphatic carbocycles. The van der Waals surface area contributed by atoms with Gasteiger partial charge in [-0.25, -0.2) is 4.79 Å². The van der Waals surface area contributed by atoms with E-state index in [0.29, 0.717) is 0 Å². The number of carbonyl (C=O) groups excluding carboxylic acids is 1. The van der Waals surface area contributed by atoms with Gasteiger partial charge in [0.2, 0.25) is 0 Å². The number of phenolic OH excluding ortho intramolecular Hbond substituents is 1. The summed E-state index contributed by atoms with van der Waals surface area (Å²) in [7, 11) is -2.60. The summed E-state index contributed by atoms with van der Waals surface area (Å²) in [5, 5.41) is 20.2. The SMILES string of the molecule is O=C(O)NC1CN([PH](=O)c2ccccc2O)C1=O. The van der Waals surface area contributed by atoms with Crippen LogP contribution in [0.15, 0.2) is 24.3 Å². The third-order valence-electron chi connectivity index (χ3n) is 2.61. The van der Waals surface area contributed by atoms with Crippen LogP contribution in [0.2, 0.25) is 0 Å². The number of carbonyl (C=O) groups is 2. The van der Waals surface area contributed by atoms with Crippen LogP contribution in [-0.2, 0) is 9.36 Å². The molecule has 1 fully saturated rings. The highest BCUT2D eigenvalue weighted by Gasteiger charge is 2.41. The Labute approximate surface area is 103 Å². The van der Waals surface area contributed by atoms with Crippen molar-refractivity contribution >= 4 is 25.3 Å². The number of carboxylic acid groups (broad SMARTS) is 1. The lowest BCUT2D eigenvalue weighted by Gasteiger charge is -2.37. The third kappa shape index (κ3) is 2.17. The molecule has 2 rings (SSSR count). The van der Waals surface area contributed by atoms with E-state index in [0.717, 1.165) is 4.67 Å². The summed E-state index contributed by atoms with van der Waals surface area (Å²) in [4.78, 5) is 21.9. The number of phenols is 1. The fourth-order valence-electron chi connectivity index (χ4n) is 1.67. The van der Waals surface area contributed by atoms with Crippen LogP contribution in [0, 0.1) is 0 Å². The average molecular weight is 270 g/mol. The molecule has 0 bridgehead atoms. The number of para-hydroxylation sites is 1. The second-order valence-electron chi connectivity index (χ2n) is 3.77. The predicted molar refractivity (Wildman–Crippen MR) is 63.4 cm³/mol. The number of benzene rings is 1. The van der Waals surface area contributed by atoms with Crippen molar-refractivity contribution in [1.29, 1.82) is 0 Å². The Morgan fingerprint density at radius 3 is 2.67 bits per heavy atom. The van der Waals surface area contributed by atoms with E-state index in [1.54, 1.807) is 12.1 Å². The molecule has 1 saturated heterocycles. The van der Waals surface area contributed by atoms with Gasteiger partial charge in [-0.3, -0.25) is 14.0 Å². The number of hydrogen-bond acceptors (Lipinski definition) is 4. The maximum atomic E-state index is 12.0. The maximum Gasteiger partial charge on any atom is 0.405 e.